The minimum atomic E-state index is -0.155. The normalized spacial score (nSPS) is 12.0. The molecule has 5 nitrogen and oxygen atoms in total. The molecule has 6 heteroatoms. The van der Waals surface area contributed by atoms with Crippen molar-refractivity contribution < 1.29 is 4.79 Å². The molecule has 3 rings (SSSR count). The number of thiophene rings is 1. The van der Waals surface area contributed by atoms with E-state index in [4.69, 9.17) is 0 Å². The highest BCUT2D eigenvalue weighted by Gasteiger charge is 2.19. The Hall–Kier alpha value is -2.47. The van der Waals surface area contributed by atoms with Crippen molar-refractivity contribution in [1.82, 2.24) is 20.1 Å². The molecule has 0 aliphatic heterocycles. The van der Waals surface area contributed by atoms with E-state index in [9.17, 15) is 4.79 Å². The van der Waals surface area contributed by atoms with E-state index >= 15 is 0 Å². The molecule has 1 aromatic carbocycles. The quantitative estimate of drug-likeness (QED) is 0.757. The zero-order valence-electron chi connectivity index (χ0n) is 12.8. The molecule has 2 heterocycles. The van der Waals surface area contributed by atoms with Gasteiger partial charge in [-0.15, -0.1) is 11.3 Å². The lowest BCUT2D eigenvalue weighted by atomic mass is 10.1. The van der Waals surface area contributed by atoms with Crippen molar-refractivity contribution in [3.63, 3.8) is 0 Å². The summed E-state index contributed by atoms with van der Waals surface area (Å²) in [6.07, 6.45) is 4.01. The SMILES string of the molecule is CCc1ccsc1C(=O)N[C@@H](Cn1cncn1)c1ccccc1. The summed E-state index contributed by atoms with van der Waals surface area (Å²) >= 11 is 1.48. The third kappa shape index (κ3) is 3.65. The number of amides is 1. The van der Waals surface area contributed by atoms with Crippen LogP contribution in [-0.4, -0.2) is 20.7 Å². The molecule has 0 radical (unpaired) electrons. The fourth-order valence-electron chi connectivity index (χ4n) is 2.47. The molecule has 1 amide bonds. The van der Waals surface area contributed by atoms with E-state index in [-0.39, 0.29) is 11.9 Å². The molecule has 0 fully saturated rings. The Labute approximate surface area is 139 Å². The smallest absolute Gasteiger partial charge is 0.262 e. The van der Waals surface area contributed by atoms with Gasteiger partial charge in [0.2, 0.25) is 0 Å². The fraction of sp³-hybridized carbons (Fsp3) is 0.235. The number of nitrogens with zero attached hydrogens (tertiary/aromatic N) is 3. The maximum absolute atomic E-state index is 12.7. The van der Waals surface area contributed by atoms with E-state index in [1.165, 1.54) is 17.7 Å². The second-order valence-electron chi connectivity index (χ2n) is 5.18. The van der Waals surface area contributed by atoms with Gasteiger partial charge >= 0.3 is 0 Å². The molecule has 0 aliphatic carbocycles. The number of carbonyl (C=O) groups excluding carboxylic acids is 1. The molecular weight excluding hydrogens is 308 g/mol. The van der Waals surface area contributed by atoms with Crippen LogP contribution in [0.2, 0.25) is 0 Å². The van der Waals surface area contributed by atoms with Crippen molar-refractivity contribution in [3.05, 3.63) is 70.4 Å². The summed E-state index contributed by atoms with van der Waals surface area (Å²) in [5.41, 5.74) is 2.13. The van der Waals surface area contributed by atoms with Crippen LogP contribution >= 0.6 is 11.3 Å². The van der Waals surface area contributed by atoms with Crippen LogP contribution < -0.4 is 5.32 Å². The molecular formula is C17H18N4OS. The highest BCUT2D eigenvalue weighted by molar-refractivity contribution is 7.12. The van der Waals surface area contributed by atoms with Gasteiger partial charge in [0.05, 0.1) is 17.5 Å². The van der Waals surface area contributed by atoms with Crippen LogP contribution in [0.3, 0.4) is 0 Å². The molecule has 23 heavy (non-hydrogen) atoms. The Morgan fingerprint density at radius 3 is 2.83 bits per heavy atom. The molecule has 3 aromatic rings. The summed E-state index contributed by atoms with van der Waals surface area (Å²) in [5, 5.41) is 9.23. The number of carbonyl (C=O) groups is 1. The minimum absolute atomic E-state index is 0.0363. The van der Waals surface area contributed by atoms with Gasteiger partial charge in [0.25, 0.3) is 5.91 Å². The maximum atomic E-state index is 12.7. The predicted molar refractivity (Wildman–Crippen MR) is 90.4 cm³/mol. The van der Waals surface area contributed by atoms with E-state index in [1.54, 1.807) is 11.0 Å². The van der Waals surface area contributed by atoms with E-state index in [0.717, 1.165) is 22.4 Å². The molecule has 2 aromatic heterocycles. The first-order valence-electron chi connectivity index (χ1n) is 7.52. The fourth-order valence-corrected chi connectivity index (χ4v) is 3.37. The number of aryl methyl sites for hydroxylation is 1. The Morgan fingerprint density at radius 1 is 1.30 bits per heavy atom. The van der Waals surface area contributed by atoms with Gasteiger partial charge in [0, 0.05) is 0 Å². The lowest BCUT2D eigenvalue weighted by Crippen LogP contribution is -2.31. The van der Waals surface area contributed by atoms with Gasteiger partial charge in [-0.3, -0.25) is 9.48 Å². The summed E-state index contributed by atoms with van der Waals surface area (Å²) in [6, 6.07) is 11.8. The highest BCUT2D eigenvalue weighted by atomic mass is 32.1. The number of hydrogen-bond acceptors (Lipinski definition) is 4. The second-order valence-corrected chi connectivity index (χ2v) is 6.10. The average Bonchev–Trinajstić information content (AvgIpc) is 3.26. The molecule has 0 unspecified atom stereocenters. The van der Waals surface area contributed by atoms with Crippen molar-refractivity contribution in [2.75, 3.05) is 0 Å². The van der Waals surface area contributed by atoms with Crippen molar-refractivity contribution in [1.29, 1.82) is 0 Å². The Bertz CT molecular complexity index is 752. The molecule has 0 aliphatic rings. The van der Waals surface area contributed by atoms with Gasteiger partial charge in [-0.2, -0.15) is 5.10 Å². The Morgan fingerprint density at radius 2 is 2.13 bits per heavy atom. The third-order valence-corrected chi connectivity index (χ3v) is 4.63. The zero-order valence-corrected chi connectivity index (χ0v) is 13.7. The second kappa shape index (κ2) is 7.19. The van der Waals surface area contributed by atoms with Crippen LogP contribution in [0.1, 0.15) is 33.8 Å². The van der Waals surface area contributed by atoms with Crippen LogP contribution in [0.25, 0.3) is 0 Å². The van der Waals surface area contributed by atoms with Gasteiger partial charge in [0.15, 0.2) is 0 Å². The minimum Gasteiger partial charge on any atom is -0.343 e. The summed E-state index contributed by atoms with van der Waals surface area (Å²) in [4.78, 5) is 17.4. The van der Waals surface area contributed by atoms with E-state index in [0.29, 0.717) is 6.54 Å². The molecule has 0 saturated heterocycles. The lowest BCUT2D eigenvalue weighted by Gasteiger charge is -2.19. The van der Waals surface area contributed by atoms with Crippen LogP contribution in [0.4, 0.5) is 0 Å². The molecule has 0 spiro atoms. The monoisotopic (exact) mass is 326 g/mol. The first kappa shape index (κ1) is 15.4. The van der Waals surface area contributed by atoms with Crippen LogP contribution in [-0.2, 0) is 13.0 Å². The molecule has 0 bridgehead atoms. The number of aromatic nitrogens is 3. The van der Waals surface area contributed by atoms with Gasteiger partial charge < -0.3 is 5.32 Å². The van der Waals surface area contributed by atoms with Crippen LogP contribution in [0.5, 0.6) is 0 Å². The van der Waals surface area contributed by atoms with E-state index in [2.05, 4.69) is 22.3 Å². The average molecular weight is 326 g/mol. The highest BCUT2D eigenvalue weighted by Crippen LogP contribution is 2.20. The standard InChI is InChI=1S/C17H18N4OS/c1-2-13-8-9-23-16(13)17(22)20-15(10-21-12-18-11-19-21)14-6-4-3-5-7-14/h3-9,11-12,15H,2,10H2,1H3,(H,20,22)/t15-/m0/s1. The van der Waals surface area contributed by atoms with Gasteiger partial charge in [-0.25, -0.2) is 4.98 Å². The van der Waals surface area contributed by atoms with E-state index in [1.807, 2.05) is 41.8 Å². The number of rotatable bonds is 6. The Balaban J connectivity index is 1.82. The number of benzene rings is 1. The van der Waals surface area contributed by atoms with Gasteiger partial charge in [-0.1, -0.05) is 37.3 Å². The zero-order chi connectivity index (χ0) is 16.1. The third-order valence-electron chi connectivity index (χ3n) is 3.68. The summed E-state index contributed by atoms with van der Waals surface area (Å²) in [6.45, 7) is 2.60. The van der Waals surface area contributed by atoms with Crippen LogP contribution in [0.15, 0.2) is 54.4 Å². The molecule has 118 valence electrons. The van der Waals surface area contributed by atoms with Crippen molar-refractivity contribution in [2.45, 2.75) is 25.9 Å². The first-order valence-corrected chi connectivity index (χ1v) is 8.40. The number of nitrogens with one attached hydrogen (secondary N) is 1. The predicted octanol–water partition coefficient (Wildman–Crippen LogP) is 3.07. The summed E-state index contributed by atoms with van der Waals surface area (Å²) in [5.74, 6) is -0.0363. The topological polar surface area (TPSA) is 59.8 Å². The lowest BCUT2D eigenvalue weighted by molar-refractivity contribution is 0.0935. The van der Waals surface area contributed by atoms with Crippen LogP contribution in [0, 0.1) is 0 Å². The summed E-state index contributed by atoms with van der Waals surface area (Å²) in [7, 11) is 0. The van der Waals surface area contributed by atoms with Gasteiger partial charge in [0.1, 0.15) is 12.7 Å². The molecule has 1 atom stereocenters. The summed E-state index contributed by atoms with van der Waals surface area (Å²) < 4.78 is 1.73. The van der Waals surface area contributed by atoms with E-state index < -0.39 is 0 Å². The van der Waals surface area contributed by atoms with Crippen molar-refractivity contribution in [2.24, 2.45) is 0 Å². The molecule has 0 saturated carbocycles. The van der Waals surface area contributed by atoms with Crippen molar-refractivity contribution in [3.8, 4) is 0 Å². The number of hydrogen-bond donors (Lipinski definition) is 1. The molecule has 1 N–H and O–H groups in total. The van der Waals surface area contributed by atoms with Gasteiger partial charge in [-0.05, 0) is 29.0 Å². The maximum Gasteiger partial charge on any atom is 0.262 e. The van der Waals surface area contributed by atoms with Crippen molar-refractivity contribution >= 4 is 17.2 Å². The first-order chi connectivity index (χ1) is 11.3. The Kier molecular flexibility index (Phi) is 4.83. The largest absolute Gasteiger partial charge is 0.343 e.